The van der Waals surface area contributed by atoms with E-state index in [0.717, 1.165) is 25.7 Å². The summed E-state index contributed by atoms with van der Waals surface area (Å²) in [6.45, 7) is 3.30. The number of hydrogen-bond donors (Lipinski definition) is 2. The van der Waals surface area contributed by atoms with Crippen LogP contribution >= 0.6 is 0 Å². The van der Waals surface area contributed by atoms with Crippen LogP contribution in [-0.4, -0.2) is 31.0 Å². The summed E-state index contributed by atoms with van der Waals surface area (Å²) in [7, 11) is 1.65. The monoisotopic (exact) mass is 245 g/mol. The fraction of sp³-hybridized carbons (Fsp3) is 1.00. The van der Waals surface area contributed by atoms with Crippen molar-refractivity contribution in [1.82, 2.24) is 0 Å². The second kappa shape index (κ2) is 11.0. The van der Waals surface area contributed by atoms with Crippen molar-refractivity contribution < 1.29 is 9.84 Å². The molecule has 0 bridgehead atoms. The summed E-state index contributed by atoms with van der Waals surface area (Å²) in [5.74, 6) is 0. The standard InChI is InChI=1S/C14H31NO2/c1-3-4-5-6-7-8-10-14(16,13-17-2)11-9-12-15/h16H,3-13,15H2,1-2H3. The molecule has 0 aliphatic rings. The Balaban J connectivity index is 3.68. The van der Waals surface area contributed by atoms with E-state index in [4.69, 9.17) is 10.5 Å². The average molecular weight is 245 g/mol. The molecule has 0 aromatic heterocycles. The normalized spacial score (nSPS) is 14.8. The van der Waals surface area contributed by atoms with Gasteiger partial charge in [0.25, 0.3) is 0 Å². The van der Waals surface area contributed by atoms with Gasteiger partial charge in [-0.05, 0) is 25.8 Å². The van der Waals surface area contributed by atoms with E-state index in [1.807, 2.05) is 0 Å². The third kappa shape index (κ3) is 9.57. The van der Waals surface area contributed by atoms with Gasteiger partial charge in [0.15, 0.2) is 0 Å². The van der Waals surface area contributed by atoms with E-state index in [0.29, 0.717) is 13.2 Å². The van der Waals surface area contributed by atoms with Gasteiger partial charge in [-0.15, -0.1) is 0 Å². The predicted molar refractivity (Wildman–Crippen MR) is 73.1 cm³/mol. The first-order valence-corrected chi connectivity index (χ1v) is 7.10. The van der Waals surface area contributed by atoms with Gasteiger partial charge in [-0.1, -0.05) is 45.4 Å². The van der Waals surface area contributed by atoms with Gasteiger partial charge in [0.05, 0.1) is 12.2 Å². The maximum atomic E-state index is 10.4. The van der Waals surface area contributed by atoms with Crippen molar-refractivity contribution in [2.75, 3.05) is 20.3 Å². The third-order valence-electron chi connectivity index (χ3n) is 3.25. The molecule has 3 nitrogen and oxygen atoms in total. The van der Waals surface area contributed by atoms with Gasteiger partial charge in [0.1, 0.15) is 0 Å². The minimum atomic E-state index is -0.654. The van der Waals surface area contributed by atoms with Crippen LogP contribution in [0.5, 0.6) is 0 Å². The lowest BCUT2D eigenvalue weighted by molar-refractivity contribution is -0.0454. The van der Waals surface area contributed by atoms with Crippen molar-refractivity contribution in [1.29, 1.82) is 0 Å². The molecule has 0 amide bonds. The zero-order valence-corrected chi connectivity index (χ0v) is 11.7. The van der Waals surface area contributed by atoms with Crippen LogP contribution in [0.25, 0.3) is 0 Å². The highest BCUT2D eigenvalue weighted by atomic mass is 16.5. The second-order valence-corrected chi connectivity index (χ2v) is 5.07. The molecular formula is C14H31NO2. The first-order chi connectivity index (χ1) is 8.18. The topological polar surface area (TPSA) is 55.5 Å². The Morgan fingerprint density at radius 1 is 1.00 bits per heavy atom. The molecule has 1 unspecified atom stereocenters. The first-order valence-electron chi connectivity index (χ1n) is 7.10. The van der Waals surface area contributed by atoms with Gasteiger partial charge in [0.2, 0.25) is 0 Å². The van der Waals surface area contributed by atoms with E-state index in [1.165, 1.54) is 32.1 Å². The molecule has 0 saturated heterocycles. The Bertz CT molecular complexity index is 164. The van der Waals surface area contributed by atoms with Crippen LogP contribution in [-0.2, 0) is 4.74 Å². The second-order valence-electron chi connectivity index (χ2n) is 5.07. The Labute approximate surface area is 107 Å². The quantitative estimate of drug-likeness (QED) is 0.520. The van der Waals surface area contributed by atoms with Crippen molar-refractivity contribution in [2.24, 2.45) is 5.73 Å². The molecule has 0 saturated carbocycles. The van der Waals surface area contributed by atoms with E-state index in [9.17, 15) is 5.11 Å². The molecule has 0 aliphatic carbocycles. The van der Waals surface area contributed by atoms with Crippen molar-refractivity contribution in [3.05, 3.63) is 0 Å². The summed E-state index contributed by atoms with van der Waals surface area (Å²) in [4.78, 5) is 0. The van der Waals surface area contributed by atoms with Gasteiger partial charge in [-0.3, -0.25) is 0 Å². The molecule has 0 heterocycles. The highest BCUT2D eigenvalue weighted by Gasteiger charge is 2.25. The third-order valence-corrected chi connectivity index (χ3v) is 3.25. The Hall–Kier alpha value is -0.120. The molecule has 0 aromatic carbocycles. The summed E-state index contributed by atoms with van der Waals surface area (Å²) < 4.78 is 5.11. The molecule has 3 heteroatoms. The van der Waals surface area contributed by atoms with Gasteiger partial charge >= 0.3 is 0 Å². The predicted octanol–water partition coefficient (Wildman–Crippen LogP) is 2.85. The number of ether oxygens (including phenoxy) is 1. The minimum Gasteiger partial charge on any atom is -0.387 e. The molecule has 0 aromatic rings. The van der Waals surface area contributed by atoms with Gasteiger partial charge < -0.3 is 15.6 Å². The lowest BCUT2D eigenvalue weighted by Gasteiger charge is -2.27. The largest absolute Gasteiger partial charge is 0.387 e. The smallest absolute Gasteiger partial charge is 0.0880 e. The lowest BCUT2D eigenvalue weighted by atomic mass is 9.91. The molecule has 0 radical (unpaired) electrons. The van der Waals surface area contributed by atoms with E-state index in [-0.39, 0.29) is 0 Å². The highest BCUT2D eigenvalue weighted by Crippen LogP contribution is 2.21. The van der Waals surface area contributed by atoms with E-state index >= 15 is 0 Å². The van der Waals surface area contributed by atoms with Gasteiger partial charge in [-0.2, -0.15) is 0 Å². The minimum absolute atomic E-state index is 0.432. The Kier molecular flexibility index (Phi) is 10.9. The molecule has 1 atom stereocenters. The molecule has 104 valence electrons. The van der Waals surface area contributed by atoms with E-state index in [2.05, 4.69) is 6.92 Å². The summed E-state index contributed by atoms with van der Waals surface area (Å²) in [5, 5.41) is 10.4. The molecule has 0 rings (SSSR count). The van der Waals surface area contributed by atoms with Gasteiger partial charge in [-0.25, -0.2) is 0 Å². The van der Waals surface area contributed by atoms with Gasteiger partial charge in [0, 0.05) is 7.11 Å². The first kappa shape index (κ1) is 16.9. The summed E-state index contributed by atoms with van der Waals surface area (Å²) in [6, 6.07) is 0. The number of nitrogens with two attached hydrogens (primary N) is 1. The zero-order chi connectivity index (χ0) is 13.0. The SMILES string of the molecule is CCCCCCCCC(O)(CCCN)COC. The van der Waals surface area contributed by atoms with Crippen molar-refractivity contribution in [3.63, 3.8) is 0 Å². The molecule has 0 aliphatic heterocycles. The number of unbranched alkanes of at least 4 members (excludes halogenated alkanes) is 5. The Morgan fingerprint density at radius 2 is 1.59 bits per heavy atom. The maximum Gasteiger partial charge on any atom is 0.0880 e. The van der Waals surface area contributed by atoms with Crippen LogP contribution in [0.2, 0.25) is 0 Å². The number of aliphatic hydroxyl groups is 1. The van der Waals surface area contributed by atoms with Crippen LogP contribution in [0.4, 0.5) is 0 Å². The Morgan fingerprint density at radius 3 is 2.18 bits per heavy atom. The number of rotatable bonds is 12. The lowest BCUT2D eigenvalue weighted by Crippen LogP contribution is -2.34. The van der Waals surface area contributed by atoms with Crippen LogP contribution in [0.1, 0.15) is 64.7 Å². The van der Waals surface area contributed by atoms with Crippen LogP contribution in [0.3, 0.4) is 0 Å². The number of hydrogen-bond acceptors (Lipinski definition) is 3. The molecule has 0 spiro atoms. The van der Waals surface area contributed by atoms with Crippen molar-refractivity contribution in [2.45, 2.75) is 70.3 Å². The molecular weight excluding hydrogens is 214 g/mol. The highest BCUT2D eigenvalue weighted by molar-refractivity contribution is 4.78. The molecule has 3 N–H and O–H groups in total. The van der Waals surface area contributed by atoms with E-state index < -0.39 is 5.60 Å². The molecule has 0 fully saturated rings. The zero-order valence-electron chi connectivity index (χ0n) is 11.7. The summed E-state index contributed by atoms with van der Waals surface area (Å²) in [5.41, 5.74) is 4.84. The fourth-order valence-electron chi connectivity index (χ4n) is 2.20. The number of methoxy groups -OCH3 is 1. The molecule has 17 heavy (non-hydrogen) atoms. The average Bonchev–Trinajstić information content (AvgIpc) is 2.32. The maximum absolute atomic E-state index is 10.4. The van der Waals surface area contributed by atoms with Crippen molar-refractivity contribution >= 4 is 0 Å². The summed E-state index contributed by atoms with van der Waals surface area (Å²) in [6.07, 6.45) is 9.99. The van der Waals surface area contributed by atoms with Crippen LogP contribution < -0.4 is 5.73 Å². The van der Waals surface area contributed by atoms with Crippen molar-refractivity contribution in [3.8, 4) is 0 Å². The fourth-order valence-corrected chi connectivity index (χ4v) is 2.20. The van der Waals surface area contributed by atoms with E-state index in [1.54, 1.807) is 7.11 Å². The van der Waals surface area contributed by atoms with Crippen LogP contribution in [0, 0.1) is 0 Å². The van der Waals surface area contributed by atoms with Crippen LogP contribution in [0.15, 0.2) is 0 Å². The summed E-state index contributed by atoms with van der Waals surface area (Å²) >= 11 is 0.